The minimum absolute atomic E-state index is 0.00799. The predicted octanol–water partition coefficient (Wildman–Crippen LogP) is 5.07. The molecule has 0 aliphatic heterocycles. The number of methoxy groups -OCH3 is 1. The van der Waals surface area contributed by atoms with Crippen molar-refractivity contribution in [3.63, 3.8) is 0 Å². The Labute approximate surface area is 159 Å². The lowest BCUT2D eigenvalue weighted by Crippen LogP contribution is -2.40. The van der Waals surface area contributed by atoms with Crippen LogP contribution in [0.25, 0.3) is 0 Å². The Bertz CT molecular complexity index is 631. The van der Waals surface area contributed by atoms with Crippen molar-refractivity contribution in [2.75, 3.05) is 7.11 Å². The van der Waals surface area contributed by atoms with E-state index in [2.05, 4.69) is 70.3 Å². The molecule has 0 fully saturated rings. The molecule has 0 aromatic heterocycles. The van der Waals surface area contributed by atoms with Gasteiger partial charge < -0.3 is 9.53 Å². The zero-order valence-corrected chi connectivity index (χ0v) is 17.4. The fourth-order valence-corrected chi connectivity index (χ4v) is 3.11. The highest BCUT2D eigenvalue weighted by atomic mass is 16.5. The standard InChI is InChI=1S/C23H35NO2/c1-8-9-10-22(16(2)3)18(5)19(6)23(24-17(4)15-25)20-11-13-21(26-7)14-12-20/h9-13,15,17,21,23-24H,8,14H2,1-7H3/b10-9?,19-18+. The van der Waals surface area contributed by atoms with Crippen LogP contribution in [-0.2, 0) is 9.53 Å². The number of carbonyl (C=O) groups excluding carboxylic acids is 1. The molecule has 0 heterocycles. The molecule has 0 amide bonds. The molecule has 0 saturated heterocycles. The van der Waals surface area contributed by atoms with E-state index >= 15 is 0 Å². The minimum Gasteiger partial charge on any atom is -0.377 e. The molecule has 3 atom stereocenters. The first-order valence-electron chi connectivity index (χ1n) is 9.49. The molecule has 26 heavy (non-hydrogen) atoms. The second-order valence-corrected chi connectivity index (χ2v) is 7.13. The number of ether oxygens (including phenoxy) is 1. The van der Waals surface area contributed by atoms with Crippen molar-refractivity contribution in [1.29, 1.82) is 0 Å². The van der Waals surface area contributed by atoms with Crippen molar-refractivity contribution in [3.05, 3.63) is 58.2 Å². The van der Waals surface area contributed by atoms with E-state index in [9.17, 15) is 4.79 Å². The van der Waals surface area contributed by atoms with E-state index in [4.69, 9.17) is 4.74 Å². The van der Waals surface area contributed by atoms with Gasteiger partial charge in [-0.05, 0) is 69.8 Å². The minimum atomic E-state index is -0.210. The largest absolute Gasteiger partial charge is 0.377 e. The summed E-state index contributed by atoms with van der Waals surface area (Å²) in [5.41, 5.74) is 6.25. The van der Waals surface area contributed by atoms with Gasteiger partial charge in [0.15, 0.2) is 0 Å². The van der Waals surface area contributed by atoms with E-state index in [0.717, 1.165) is 19.1 Å². The van der Waals surface area contributed by atoms with Gasteiger partial charge in [0.1, 0.15) is 6.29 Å². The maximum atomic E-state index is 11.2. The van der Waals surface area contributed by atoms with Crippen molar-refractivity contribution in [3.8, 4) is 0 Å². The quantitative estimate of drug-likeness (QED) is 0.462. The Morgan fingerprint density at radius 2 is 2.04 bits per heavy atom. The summed E-state index contributed by atoms with van der Waals surface area (Å²) < 4.78 is 5.41. The molecule has 0 spiro atoms. The number of hydrogen-bond acceptors (Lipinski definition) is 3. The molecule has 0 bridgehead atoms. The van der Waals surface area contributed by atoms with Gasteiger partial charge in [0.25, 0.3) is 0 Å². The third-order valence-corrected chi connectivity index (χ3v) is 4.85. The molecule has 0 saturated carbocycles. The van der Waals surface area contributed by atoms with Crippen LogP contribution >= 0.6 is 0 Å². The number of allylic oxidation sites excluding steroid dienone is 5. The van der Waals surface area contributed by atoms with E-state index in [1.165, 1.54) is 27.9 Å². The number of aldehydes is 1. The van der Waals surface area contributed by atoms with Crippen molar-refractivity contribution in [1.82, 2.24) is 5.32 Å². The van der Waals surface area contributed by atoms with Crippen LogP contribution in [0, 0.1) is 0 Å². The van der Waals surface area contributed by atoms with Crippen LogP contribution in [0.1, 0.15) is 54.4 Å². The highest BCUT2D eigenvalue weighted by molar-refractivity contribution is 5.58. The number of rotatable bonds is 9. The molecular weight excluding hydrogens is 322 g/mol. The van der Waals surface area contributed by atoms with Crippen molar-refractivity contribution in [2.24, 2.45) is 0 Å². The van der Waals surface area contributed by atoms with Crippen molar-refractivity contribution >= 4 is 6.29 Å². The van der Waals surface area contributed by atoms with Gasteiger partial charge >= 0.3 is 0 Å². The summed E-state index contributed by atoms with van der Waals surface area (Å²) in [5, 5.41) is 3.47. The molecule has 0 aromatic rings. The molecular formula is C23H35NO2. The lowest BCUT2D eigenvalue weighted by molar-refractivity contribution is -0.109. The molecule has 1 aliphatic rings. The third kappa shape index (κ3) is 6.22. The van der Waals surface area contributed by atoms with E-state index < -0.39 is 0 Å². The van der Waals surface area contributed by atoms with Crippen LogP contribution in [0.5, 0.6) is 0 Å². The van der Waals surface area contributed by atoms with Gasteiger partial charge in [0, 0.05) is 7.11 Å². The Morgan fingerprint density at radius 3 is 2.50 bits per heavy atom. The smallest absolute Gasteiger partial charge is 0.136 e. The van der Waals surface area contributed by atoms with Gasteiger partial charge in [-0.1, -0.05) is 42.9 Å². The maximum absolute atomic E-state index is 11.2. The van der Waals surface area contributed by atoms with Crippen LogP contribution in [0.4, 0.5) is 0 Å². The Morgan fingerprint density at radius 1 is 1.35 bits per heavy atom. The monoisotopic (exact) mass is 357 g/mol. The Balaban J connectivity index is 3.30. The topological polar surface area (TPSA) is 38.3 Å². The van der Waals surface area contributed by atoms with Gasteiger partial charge in [0.2, 0.25) is 0 Å². The summed E-state index contributed by atoms with van der Waals surface area (Å²) in [6.45, 7) is 12.7. The second kappa shape index (κ2) is 11.1. The number of hydrogen-bond donors (Lipinski definition) is 1. The fourth-order valence-electron chi connectivity index (χ4n) is 3.11. The molecule has 144 valence electrons. The maximum Gasteiger partial charge on any atom is 0.136 e. The third-order valence-electron chi connectivity index (χ3n) is 4.85. The molecule has 0 aromatic carbocycles. The van der Waals surface area contributed by atoms with E-state index in [-0.39, 0.29) is 18.2 Å². The lowest BCUT2D eigenvalue weighted by atomic mass is 9.88. The highest BCUT2D eigenvalue weighted by Crippen LogP contribution is 2.27. The first-order valence-corrected chi connectivity index (χ1v) is 9.49. The first-order chi connectivity index (χ1) is 12.3. The van der Waals surface area contributed by atoms with Gasteiger partial charge in [-0.25, -0.2) is 0 Å². The van der Waals surface area contributed by atoms with Gasteiger partial charge in [-0.15, -0.1) is 0 Å². The Kier molecular flexibility index (Phi) is 9.53. The molecule has 1 rings (SSSR count). The average molecular weight is 358 g/mol. The normalized spacial score (nSPS) is 20.4. The van der Waals surface area contributed by atoms with Crippen LogP contribution in [0.2, 0.25) is 0 Å². The molecule has 1 aliphatic carbocycles. The van der Waals surface area contributed by atoms with Gasteiger partial charge in [0.05, 0.1) is 18.2 Å². The first kappa shape index (κ1) is 22.3. The fraction of sp³-hybridized carbons (Fsp3) is 0.522. The summed E-state index contributed by atoms with van der Waals surface area (Å²) in [5.74, 6) is 0. The summed E-state index contributed by atoms with van der Waals surface area (Å²) in [6, 6.07) is -0.202. The van der Waals surface area contributed by atoms with E-state index in [1.807, 2.05) is 6.92 Å². The molecule has 0 radical (unpaired) electrons. The van der Waals surface area contributed by atoms with Crippen molar-refractivity contribution in [2.45, 2.75) is 72.6 Å². The molecule has 3 nitrogen and oxygen atoms in total. The number of carbonyl (C=O) groups is 1. The highest BCUT2D eigenvalue weighted by Gasteiger charge is 2.21. The molecule has 3 heteroatoms. The number of nitrogens with one attached hydrogen (secondary N) is 1. The van der Waals surface area contributed by atoms with Gasteiger partial charge in [-0.2, -0.15) is 0 Å². The SMILES string of the molecule is CCC=CC(=C(C)C)/C(C)=C(\C)C(NC(C)C=O)C1=CCC(OC)C=C1. The molecule has 1 N–H and O–H groups in total. The van der Waals surface area contributed by atoms with Crippen LogP contribution < -0.4 is 5.32 Å². The van der Waals surface area contributed by atoms with Gasteiger partial charge in [-0.3, -0.25) is 5.32 Å². The average Bonchev–Trinajstić information content (AvgIpc) is 2.65. The summed E-state index contributed by atoms with van der Waals surface area (Å²) in [4.78, 5) is 11.2. The second-order valence-electron chi connectivity index (χ2n) is 7.13. The molecule has 3 unspecified atom stereocenters. The lowest BCUT2D eigenvalue weighted by Gasteiger charge is -2.28. The van der Waals surface area contributed by atoms with E-state index in [0.29, 0.717) is 0 Å². The van der Waals surface area contributed by atoms with Crippen LogP contribution in [0.3, 0.4) is 0 Å². The zero-order chi connectivity index (χ0) is 19.7. The summed E-state index contributed by atoms with van der Waals surface area (Å²) >= 11 is 0. The summed E-state index contributed by atoms with van der Waals surface area (Å²) in [7, 11) is 1.73. The predicted molar refractivity (Wildman–Crippen MR) is 111 cm³/mol. The van der Waals surface area contributed by atoms with Crippen LogP contribution in [-0.4, -0.2) is 31.6 Å². The Hall–Kier alpha value is -1.71. The zero-order valence-electron chi connectivity index (χ0n) is 17.4. The van der Waals surface area contributed by atoms with E-state index in [1.54, 1.807) is 7.11 Å². The summed E-state index contributed by atoms with van der Waals surface area (Å²) in [6.07, 6.45) is 13.8. The van der Waals surface area contributed by atoms with Crippen molar-refractivity contribution < 1.29 is 9.53 Å². The van der Waals surface area contributed by atoms with Crippen LogP contribution in [0.15, 0.2) is 58.2 Å².